The molecule has 2 aromatic rings. The van der Waals surface area contributed by atoms with Crippen molar-refractivity contribution in [1.29, 1.82) is 0 Å². The Balaban J connectivity index is 2.15. The van der Waals surface area contributed by atoms with Crippen molar-refractivity contribution < 1.29 is 13.5 Å². The molecule has 6 heteroatoms. The normalized spacial score (nSPS) is 10.6. The van der Waals surface area contributed by atoms with Gasteiger partial charge < -0.3 is 14.6 Å². The molecule has 1 heterocycles. The Labute approximate surface area is 103 Å². The number of hydrogen-bond acceptors (Lipinski definition) is 3. The molecule has 0 spiro atoms. The van der Waals surface area contributed by atoms with E-state index in [1.54, 1.807) is 24.1 Å². The minimum absolute atomic E-state index is 0.182. The summed E-state index contributed by atoms with van der Waals surface area (Å²) in [6.07, 6.45) is 3.35. The molecular weight excluding hydrogens is 240 g/mol. The van der Waals surface area contributed by atoms with Crippen LogP contribution in [0.5, 0.6) is 0 Å². The maximum atomic E-state index is 13.5. The fourth-order valence-electron chi connectivity index (χ4n) is 1.51. The zero-order chi connectivity index (χ0) is 13.0. The number of nitrogens with one attached hydrogen (secondary N) is 1. The van der Waals surface area contributed by atoms with E-state index in [4.69, 9.17) is 4.74 Å². The molecule has 0 aliphatic heterocycles. The SMILES string of the molecule is COCCn1ccnc1Nc1ccc(F)cc1F. The molecule has 0 aliphatic carbocycles. The van der Waals surface area contributed by atoms with Gasteiger partial charge in [-0.2, -0.15) is 0 Å². The average molecular weight is 253 g/mol. The van der Waals surface area contributed by atoms with Crippen molar-refractivity contribution in [1.82, 2.24) is 9.55 Å². The van der Waals surface area contributed by atoms with E-state index in [1.807, 2.05) is 0 Å². The first-order valence-electron chi connectivity index (χ1n) is 5.43. The topological polar surface area (TPSA) is 39.1 Å². The van der Waals surface area contributed by atoms with Crippen LogP contribution in [0.25, 0.3) is 0 Å². The van der Waals surface area contributed by atoms with Gasteiger partial charge in [0.15, 0.2) is 0 Å². The lowest BCUT2D eigenvalue weighted by Gasteiger charge is -2.10. The number of aromatic nitrogens is 2. The summed E-state index contributed by atoms with van der Waals surface area (Å²) < 4.78 is 33.0. The van der Waals surface area contributed by atoms with Crippen LogP contribution in [-0.2, 0) is 11.3 Å². The molecule has 1 aromatic heterocycles. The lowest BCUT2D eigenvalue weighted by atomic mass is 10.3. The lowest BCUT2D eigenvalue weighted by Crippen LogP contribution is -2.07. The molecule has 18 heavy (non-hydrogen) atoms. The third kappa shape index (κ3) is 2.84. The van der Waals surface area contributed by atoms with E-state index < -0.39 is 11.6 Å². The highest BCUT2D eigenvalue weighted by Crippen LogP contribution is 2.19. The molecule has 96 valence electrons. The maximum Gasteiger partial charge on any atom is 0.207 e. The van der Waals surface area contributed by atoms with E-state index in [0.717, 1.165) is 6.07 Å². The van der Waals surface area contributed by atoms with Crippen molar-refractivity contribution in [3.05, 3.63) is 42.2 Å². The Morgan fingerprint density at radius 3 is 2.94 bits per heavy atom. The molecular formula is C12H13F2N3O. The quantitative estimate of drug-likeness (QED) is 0.890. The summed E-state index contributed by atoms with van der Waals surface area (Å²) in [5.41, 5.74) is 0.182. The van der Waals surface area contributed by atoms with Crippen molar-refractivity contribution >= 4 is 11.6 Å². The van der Waals surface area contributed by atoms with Gasteiger partial charge in [0.25, 0.3) is 0 Å². The number of nitrogens with zero attached hydrogens (tertiary/aromatic N) is 2. The molecule has 0 fully saturated rings. The lowest BCUT2D eigenvalue weighted by molar-refractivity contribution is 0.188. The van der Waals surface area contributed by atoms with Gasteiger partial charge in [-0.1, -0.05) is 0 Å². The maximum absolute atomic E-state index is 13.5. The van der Waals surface area contributed by atoms with Gasteiger partial charge >= 0.3 is 0 Å². The number of ether oxygens (including phenoxy) is 1. The van der Waals surface area contributed by atoms with E-state index in [1.165, 1.54) is 12.1 Å². The van der Waals surface area contributed by atoms with Gasteiger partial charge in [0.1, 0.15) is 11.6 Å². The molecule has 1 aromatic carbocycles. The van der Waals surface area contributed by atoms with Crippen molar-refractivity contribution in [2.75, 3.05) is 19.0 Å². The minimum Gasteiger partial charge on any atom is -0.383 e. The summed E-state index contributed by atoms with van der Waals surface area (Å²) in [4.78, 5) is 4.06. The van der Waals surface area contributed by atoms with Crippen LogP contribution in [-0.4, -0.2) is 23.3 Å². The van der Waals surface area contributed by atoms with Crippen molar-refractivity contribution in [2.45, 2.75) is 6.54 Å². The highest BCUT2D eigenvalue weighted by Gasteiger charge is 2.07. The summed E-state index contributed by atoms with van der Waals surface area (Å²) in [5.74, 6) is -0.783. The zero-order valence-electron chi connectivity index (χ0n) is 9.86. The van der Waals surface area contributed by atoms with Gasteiger partial charge in [0.2, 0.25) is 5.95 Å². The zero-order valence-corrected chi connectivity index (χ0v) is 9.86. The predicted molar refractivity (Wildman–Crippen MR) is 63.7 cm³/mol. The smallest absolute Gasteiger partial charge is 0.207 e. The van der Waals surface area contributed by atoms with E-state index in [9.17, 15) is 8.78 Å². The van der Waals surface area contributed by atoms with Gasteiger partial charge in [-0.15, -0.1) is 0 Å². The third-order valence-corrected chi connectivity index (χ3v) is 2.43. The monoisotopic (exact) mass is 253 g/mol. The van der Waals surface area contributed by atoms with Crippen LogP contribution in [0.2, 0.25) is 0 Å². The fraction of sp³-hybridized carbons (Fsp3) is 0.250. The highest BCUT2D eigenvalue weighted by atomic mass is 19.1. The Morgan fingerprint density at radius 1 is 1.39 bits per heavy atom. The van der Waals surface area contributed by atoms with E-state index in [-0.39, 0.29) is 5.69 Å². The Morgan fingerprint density at radius 2 is 2.22 bits per heavy atom. The summed E-state index contributed by atoms with van der Waals surface area (Å²) in [6, 6.07) is 3.35. The van der Waals surface area contributed by atoms with Crippen molar-refractivity contribution in [3.8, 4) is 0 Å². The predicted octanol–water partition coefficient (Wildman–Crippen LogP) is 2.55. The van der Waals surface area contributed by atoms with Crippen LogP contribution in [0.15, 0.2) is 30.6 Å². The van der Waals surface area contributed by atoms with Crippen LogP contribution in [0.4, 0.5) is 20.4 Å². The van der Waals surface area contributed by atoms with Crippen molar-refractivity contribution in [3.63, 3.8) is 0 Å². The number of rotatable bonds is 5. The van der Waals surface area contributed by atoms with Crippen LogP contribution < -0.4 is 5.32 Å². The number of benzene rings is 1. The molecule has 0 saturated carbocycles. The van der Waals surface area contributed by atoms with Gasteiger partial charge in [-0.05, 0) is 12.1 Å². The first-order valence-corrected chi connectivity index (χ1v) is 5.43. The molecule has 0 saturated heterocycles. The van der Waals surface area contributed by atoms with Crippen molar-refractivity contribution in [2.24, 2.45) is 0 Å². The second kappa shape index (κ2) is 5.59. The molecule has 0 unspecified atom stereocenters. The van der Waals surface area contributed by atoms with Crippen LogP contribution >= 0.6 is 0 Å². The summed E-state index contributed by atoms with van der Waals surface area (Å²) in [6.45, 7) is 1.12. The minimum atomic E-state index is -0.656. The molecule has 2 rings (SSSR count). The first kappa shape index (κ1) is 12.5. The molecule has 0 atom stereocenters. The van der Waals surface area contributed by atoms with Crippen LogP contribution in [0.1, 0.15) is 0 Å². The van der Waals surface area contributed by atoms with Gasteiger partial charge in [0, 0.05) is 32.1 Å². The number of imidazole rings is 1. The number of anilines is 2. The number of methoxy groups -OCH3 is 1. The standard InChI is InChI=1S/C12H13F2N3O/c1-18-7-6-17-5-4-15-12(17)16-11-3-2-9(13)8-10(11)14/h2-5,8H,6-7H2,1H3,(H,15,16). The summed E-state index contributed by atoms with van der Waals surface area (Å²) >= 11 is 0. The molecule has 0 bridgehead atoms. The molecule has 0 amide bonds. The molecule has 4 nitrogen and oxygen atoms in total. The molecule has 0 radical (unpaired) electrons. The third-order valence-electron chi connectivity index (χ3n) is 2.43. The second-order valence-corrected chi connectivity index (χ2v) is 3.69. The van der Waals surface area contributed by atoms with E-state index in [2.05, 4.69) is 10.3 Å². The van der Waals surface area contributed by atoms with E-state index >= 15 is 0 Å². The number of halogens is 2. The fourth-order valence-corrected chi connectivity index (χ4v) is 1.51. The second-order valence-electron chi connectivity index (χ2n) is 3.69. The summed E-state index contributed by atoms with van der Waals surface area (Å²) in [5, 5.41) is 2.81. The largest absolute Gasteiger partial charge is 0.383 e. The molecule has 1 N–H and O–H groups in total. The van der Waals surface area contributed by atoms with Gasteiger partial charge in [-0.25, -0.2) is 13.8 Å². The van der Waals surface area contributed by atoms with Gasteiger partial charge in [0.05, 0.1) is 12.3 Å². The van der Waals surface area contributed by atoms with Gasteiger partial charge in [-0.3, -0.25) is 0 Å². The molecule has 0 aliphatic rings. The summed E-state index contributed by atoms with van der Waals surface area (Å²) in [7, 11) is 1.60. The Hall–Kier alpha value is -1.95. The van der Waals surface area contributed by atoms with Crippen LogP contribution in [0, 0.1) is 11.6 Å². The number of hydrogen-bond donors (Lipinski definition) is 1. The van der Waals surface area contributed by atoms with E-state index in [0.29, 0.717) is 19.1 Å². The average Bonchev–Trinajstić information content (AvgIpc) is 2.77. The Bertz CT molecular complexity index is 528. The first-order chi connectivity index (χ1) is 8.70. The highest BCUT2D eigenvalue weighted by molar-refractivity contribution is 5.54. The Kier molecular flexibility index (Phi) is 3.88. The van der Waals surface area contributed by atoms with Crippen LogP contribution in [0.3, 0.4) is 0 Å².